The fourth-order valence-electron chi connectivity index (χ4n) is 1.49. The third kappa shape index (κ3) is 3.66. The second-order valence-corrected chi connectivity index (χ2v) is 3.87. The molecule has 1 atom stereocenters. The van der Waals surface area contributed by atoms with Crippen molar-refractivity contribution < 1.29 is 27.8 Å². The molecule has 1 rings (SSSR count). The lowest BCUT2D eigenvalue weighted by Gasteiger charge is -2.15. The maximum atomic E-state index is 12.3. The maximum Gasteiger partial charge on any atom is 0.416 e. The van der Waals surface area contributed by atoms with Crippen LogP contribution >= 0.6 is 0 Å². The molecule has 19 heavy (non-hydrogen) atoms. The second-order valence-electron chi connectivity index (χ2n) is 3.87. The van der Waals surface area contributed by atoms with Gasteiger partial charge in [0.05, 0.1) is 19.3 Å². The van der Waals surface area contributed by atoms with Crippen molar-refractivity contribution in [2.45, 2.75) is 38.6 Å². The highest BCUT2D eigenvalue weighted by atomic mass is 19.4. The molecule has 108 valence electrons. The number of carbonyl (C=O) groups is 1. The molecular weight excluding hydrogens is 267 g/mol. The van der Waals surface area contributed by atoms with Crippen LogP contribution < -0.4 is 0 Å². The van der Waals surface area contributed by atoms with E-state index in [1.807, 2.05) is 0 Å². The van der Waals surface area contributed by atoms with Gasteiger partial charge in [0.25, 0.3) is 0 Å². The van der Waals surface area contributed by atoms with Crippen LogP contribution in [0.15, 0.2) is 0 Å². The molecule has 0 saturated heterocycles. The van der Waals surface area contributed by atoms with Gasteiger partial charge in [0.2, 0.25) is 0 Å². The summed E-state index contributed by atoms with van der Waals surface area (Å²) in [6, 6.07) is 0. The first-order valence-electron chi connectivity index (χ1n) is 5.56. The van der Waals surface area contributed by atoms with Crippen molar-refractivity contribution in [2.24, 2.45) is 0 Å². The number of methoxy groups -OCH3 is 1. The number of aromatic nitrogens is 3. The highest BCUT2D eigenvalue weighted by Crippen LogP contribution is 2.22. The Morgan fingerprint density at radius 3 is 2.63 bits per heavy atom. The zero-order chi connectivity index (χ0) is 14.6. The van der Waals surface area contributed by atoms with E-state index in [1.54, 1.807) is 6.92 Å². The molecule has 1 aromatic heterocycles. The van der Waals surface area contributed by atoms with Crippen molar-refractivity contribution in [2.75, 3.05) is 7.11 Å². The van der Waals surface area contributed by atoms with Gasteiger partial charge in [0, 0.05) is 0 Å². The molecule has 0 fully saturated rings. The van der Waals surface area contributed by atoms with E-state index in [4.69, 9.17) is 5.11 Å². The molecule has 0 aliphatic rings. The molecule has 1 N–H and O–H groups in total. The Labute approximate surface area is 107 Å². The summed E-state index contributed by atoms with van der Waals surface area (Å²) in [5.74, 6) is -0.767. The molecule has 0 saturated carbocycles. The summed E-state index contributed by atoms with van der Waals surface area (Å²) in [7, 11) is 1.14. The van der Waals surface area contributed by atoms with Crippen LogP contribution in [0.5, 0.6) is 0 Å². The van der Waals surface area contributed by atoms with Gasteiger partial charge >= 0.3 is 12.1 Å². The standard InChI is InChI=1S/C10H14F3N3O3/c1-3-4-6-8(9(18)19-2)14-15-16(6)5-7(17)10(11,12)13/h7,17H,3-5H2,1-2H3. The molecule has 6 nitrogen and oxygen atoms in total. The number of hydrogen-bond donors (Lipinski definition) is 1. The average Bonchev–Trinajstić information content (AvgIpc) is 2.71. The zero-order valence-corrected chi connectivity index (χ0v) is 10.4. The van der Waals surface area contributed by atoms with Gasteiger partial charge in [-0.2, -0.15) is 13.2 Å². The van der Waals surface area contributed by atoms with Crippen molar-refractivity contribution in [1.82, 2.24) is 15.0 Å². The summed E-state index contributed by atoms with van der Waals surface area (Å²) in [6.45, 7) is 0.988. The predicted octanol–water partition coefficient (Wildman–Crippen LogP) is 0.940. The Balaban J connectivity index is 3.01. The topological polar surface area (TPSA) is 77.2 Å². The highest BCUT2D eigenvalue weighted by Gasteiger charge is 2.39. The normalized spacial score (nSPS) is 13.4. The van der Waals surface area contributed by atoms with Crippen LogP contribution in [0.2, 0.25) is 0 Å². The predicted molar refractivity (Wildman–Crippen MR) is 57.4 cm³/mol. The molecule has 0 aromatic carbocycles. The molecule has 0 amide bonds. The average molecular weight is 281 g/mol. The third-order valence-electron chi connectivity index (χ3n) is 2.43. The van der Waals surface area contributed by atoms with Gasteiger partial charge in [-0.05, 0) is 6.42 Å². The summed E-state index contributed by atoms with van der Waals surface area (Å²) in [6.07, 6.45) is -6.42. The molecule has 0 radical (unpaired) electrons. The van der Waals surface area contributed by atoms with E-state index < -0.39 is 24.8 Å². The van der Waals surface area contributed by atoms with Crippen molar-refractivity contribution in [3.63, 3.8) is 0 Å². The van der Waals surface area contributed by atoms with Crippen LogP contribution in [-0.2, 0) is 17.7 Å². The SMILES string of the molecule is CCCc1c(C(=O)OC)nnn1CC(O)C(F)(F)F. The fourth-order valence-corrected chi connectivity index (χ4v) is 1.49. The molecule has 9 heteroatoms. The number of carbonyl (C=O) groups excluding carboxylic acids is 1. The van der Waals surface area contributed by atoms with Gasteiger partial charge in [0.15, 0.2) is 11.8 Å². The van der Waals surface area contributed by atoms with Crippen molar-refractivity contribution >= 4 is 5.97 Å². The Hall–Kier alpha value is -1.64. The molecular formula is C10H14F3N3O3. The van der Waals surface area contributed by atoms with E-state index in [2.05, 4.69) is 15.0 Å². The van der Waals surface area contributed by atoms with E-state index >= 15 is 0 Å². The first-order valence-corrected chi connectivity index (χ1v) is 5.56. The molecule has 1 unspecified atom stereocenters. The zero-order valence-electron chi connectivity index (χ0n) is 10.4. The Morgan fingerprint density at radius 2 is 2.16 bits per heavy atom. The minimum atomic E-state index is -4.75. The summed E-state index contributed by atoms with van der Waals surface area (Å²) < 4.78 is 42.2. The van der Waals surface area contributed by atoms with E-state index in [9.17, 15) is 18.0 Å². The summed E-state index contributed by atoms with van der Waals surface area (Å²) in [5.41, 5.74) is 0.0939. The van der Waals surface area contributed by atoms with E-state index in [1.165, 1.54) is 0 Å². The Morgan fingerprint density at radius 1 is 1.53 bits per heavy atom. The number of ether oxygens (including phenoxy) is 1. The summed E-state index contributed by atoms with van der Waals surface area (Å²) >= 11 is 0. The molecule has 0 bridgehead atoms. The van der Waals surface area contributed by atoms with E-state index in [0.29, 0.717) is 12.8 Å². The van der Waals surface area contributed by atoms with Crippen LogP contribution in [0.4, 0.5) is 13.2 Å². The van der Waals surface area contributed by atoms with Crippen molar-refractivity contribution in [3.05, 3.63) is 11.4 Å². The minimum absolute atomic E-state index is 0.126. The maximum absolute atomic E-state index is 12.3. The van der Waals surface area contributed by atoms with Gasteiger partial charge in [-0.1, -0.05) is 18.6 Å². The van der Waals surface area contributed by atoms with Gasteiger partial charge in [-0.15, -0.1) is 5.10 Å². The van der Waals surface area contributed by atoms with E-state index in [-0.39, 0.29) is 11.4 Å². The molecule has 0 aliphatic carbocycles. The highest BCUT2D eigenvalue weighted by molar-refractivity contribution is 5.88. The Kier molecular flexibility index (Phi) is 4.87. The number of alkyl halides is 3. The smallest absolute Gasteiger partial charge is 0.416 e. The van der Waals surface area contributed by atoms with Crippen molar-refractivity contribution in [3.8, 4) is 0 Å². The molecule has 1 aromatic rings. The first-order chi connectivity index (χ1) is 8.81. The van der Waals surface area contributed by atoms with Gasteiger partial charge in [0.1, 0.15) is 0 Å². The van der Waals surface area contributed by atoms with Gasteiger partial charge in [-0.25, -0.2) is 9.48 Å². The fraction of sp³-hybridized carbons (Fsp3) is 0.700. The van der Waals surface area contributed by atoms with Crippen LogP contribution in [-0.4, -0.2) is 45.5 Å². The number of rotatable bonds is 5. The largest absolute Gasteiger partial charge is 0.464 e. The number of aliphatic hydroxyl groups is 1. The third-order valence-corrected chi connectivity index (χ3v) is 2.43. The van der Waals surface area contributed by atoms with Gasteiger partial charge < -0.3 is 9.84 Å². The lowest BCUT2D eigenvalue weighted by Crippen LogP contribution is -2.33. The Bertz CT molecular complexity index is 445. The van der Waals surface area contributed by atoms with Crippen LogP contribution in [0, 0.1) is 0 Å². The number of esters is 1. The van der Waals surface area contributed by atoms with Gasteiger partial charge in [-0.3, -0.25) is 0 Å². The molecule has 0 aliphatic heterocycles. The van der Waals surface area contributed by atoms with Crippen LogP contribution in [0.25, 0.3) is 0 Å². The second kappa shape index (κ2) is 6.00. The first kappa shape index (κ1) is 15.4. The van der Waals surface area contributed by atoms with Crippen molar-refractivity contribution in [1.29, 1.82) is 0 Å². The quantitative estimate of drug-likeness (QED) is 0.813. The lowest BCUT2D eigenvalue weighted by molar-refractivity contribution is -0.208. The summed E-state index contributed by atoms with van der Waals surface area (Å²) in [4.78, 5) is 11.4. The lowest BCUT2D eigenvalue weighted by atomic mass is 10.2. The number of hydrogen-bond acceptors (Lipinski definition) is 5. The summed E-state index contributed by atoms with van der Waals surface area (Å²) in [5, 5.41) is 16.0. The number of halogens is 3. The number of nitrogens with zero attached hydrogens (tertiary/aromatic N) is 3. The molecule has 0 spiro atoms. The number of aliphatic hydroxyl groups excluding tert-OH is 1. The molecule has 1 heterocycles. The van der Waals surface area contributed by atoms with Crippen LogP contribution in [0.3, 0.4) is 0 Å². The van der Waals surface area contributed by atoms with E-state index in [0.717, 1.165) is 11.8 Å². The monoisotopic (exact) mass is 281 g/mol. The minimum Gasteiger partial charge on any atom is -0.464 e. The van der Waals surface area contributed by atoms with Crippen LogP contribution in [0.1, 0.15) is 29.5 Å².